The number of sulfone groups is 1. The van der Waals surface area contributed by atoms with Crippen LogP contribution in [0.2, 0.25) is 0 Å². The molecule has 0 aliphatic heterocycles. The van der Waals surface area contributed by atoms with Crippen LogP contribution >= 0.6 is 0 Å². The first kappa shape index (κ1) is 9.08. The molecule has 2 rings (SSSR count). The van der Waals surface area contributed by atoms with Crippen LogP contribution in [0.5, 0.6) is 0 Å². The average Bonchev–Trinajstić information content (AvgIpc) is 2.50. The van der Waals surface area contributed by atoms with Gasteiger partial charge < -0.3 is 10.7 Å². The molecule has 0 aliphatic carbocycles. The lowest BCUT2D eigenvalue weighted by molar-refractivity contribution is 0.602. The third-order valence-corrected chi connectivity index (χ3v) is 3.28. The van der Waals surface area contributed by atoms with Crippen molar-refractivity contribution in [1.82, 2.24) is 4.98 Å². The van der Waals surface area contributed by atoms with Crippen LogP contribution in [0.4, 0.5) is 5.69 Å². The number of anilines is 1. The Morgan fingerprint density at radius 1 is 1.29 bits per heavy atom. The molecule has 5 heteroatoms. The quantitative estimate of drug-likeness (QED) is 0.693. The van der Waals surface area contributed by atoms with Gasteiger partial charge in [-0.3, -0.25) is 0 Å². The van der Waals surface area contributed by atoms with E-state index in [0.29, 0.717) is 5.52 Å². The van der Waals surface area contributed by atoms with E-state index in [9.17, 15) is 8.42 Å². The van der Waals surface area contributed by atoms with Gasteiger partial charge in [-0.1, -0.05) is 6.07 Å². The van der Waals surface area contributed by atoms with Crippen LogP contribution in [0.15, 0.2) is 29.3 Å². The maximum Gasteiger partial charge on any atom is 0.177 e. The standard InChI is InChI=1S/C9H10N2O2S/c1-14(12,13)7-3-2-6-4-5-11-9(6)8(7)10/h2-5,11H,10H2,1H3. The molecule has 0 spiro atoms. The largest absolute Gasteiger partial charge is 0.396 e. The van der Waals surface area contributed by atoms with Gasteiger partial charge in [0.05, 0.1) is 16.1 Å². The molecular weight excluding hydrogens is 200 g/mol. The Balaban J connectivity index is 2.88. The first-order valence-corrected chi connectivity index (χ1v) is 5.95. The van der Waals surface area contributed by atoms with Crippen molar-refractivity contribution in [1.29, 1.82) is 0 Å². The highest BCUT2D eigenvalue weighted by Crippen LogP contribution is 2.26. The van der Waals surface area contributed by atoms with Gasteiger partial charge in [-0.05, 0) is 12.1 Å². The van der Waals surface area contributed by atoms with Gasteiger partial charge in [0.2, 0.25) is 0 Å². The Morgan fingerprint density at radius 2 is 2.00 bits per heavy atom. The van der Waals surface area contributed by atoms with Gasteiger partial charge in [-0.15, -0.1) is 0 Å². The van der Waals surface area contributed by atoms with Gasteiger partial charge in [0.15, 0.2) is 9.84 Å². The number of benzene rings is 1. The second-order valence-corrected chi connectivity index (χ2v) is 5.18. The molecule has 0 bridgehead atoms. The molecule has 0 saturated heterocycles. The summed E-state index contributed by atoms with van der Waals surface area (Å²) < 4.78 is 22.7. The fourth-order valence-electron chi connectivity index (χ4n) is 1.46. The Hall–Kier alpha value is -1.49. The SMILES string of the molecule is CS(=O)(=O)c1ccc2cc[nH]c2c1N. The zero-order valence-electron chi connectivity index (χ0n) is 7.61. The summed E-state index contributed by atoms with van der Waals surface area (Å²) in [5.41, 5.74) is 6.70. The van der Waals surface area contributed by atoms with Gasteiger partial charge in [0.25, 0.3) is 0 Å². The van der Waals surface area contributed by atoms with E-state index in [2.05, 4.69) is 4.98 Å². The number of nitrogen functional groups attached to an aromatic ring is 1. The minimum absolute atomic E-state index is 0.174. The van der Waals surface area contributed by atoms with Crippen molar-refractivity contribution in [2.75, 3.05) is 12.0 Å². The molecule has 0 aliphatic rings. The molecule has 1 aromatic carbocycles. The minimum Gasteiger partial charge on any atom is -0.396 e. The zero-order chi connectivity index (χ0) is 10.3. The summed E-state index contributed by atoms with van der Waals surface area (Å²) in [4.78, 5) is 3.08. The highest BCUT2D eigenvalue weighted by atomic mass is 32.2. The maximum atomic E-state index is 11.3. The number of nitrogens with one attached hydrogen (secondary N) is 1. The molecule has 14 heavy (non-hydrogen) atoms. The van der Waals surface area contributed by atoms with E-state index >= 15 is 0 Å². The minimum atomic E-state index is -3.25. The fourth-order valence-corrected chi connectivity index (χ4v) is 2.27. The Bertz CT molecular complexity index is 584. The first-order valence-electron chi connectivity index (χ1n) is 4.06. The number of nitrogens with two attached hydrogens (primary N) is 1. The summed E-state index contributed by atoms with van der Waals surface area (Å²) in [7, 11) is -3.25. The van der Waals surface area contributed by atoms with E-state index in [1.807, 2.05) is 6.07 Å². The summed E-state index contributed by atoms with van der Waals surface area (Å²) in [6.45, 7) is 0. The summed E-state index contributed by atoms with van der Waals surface area (Å²) in [6, 6.07) is 5.11. The molecule has 3 N–H and O–H groups in total. The van der Waals surface area contributed by atoms with Gasteiger partial charge in [-0.2, -0.15) is 0 Å². The van der Waals surface area contributed by atoms with E-state index in [1.54, 1.807) is 12.3 Å². The molecule has 0 saturated carbocycles. The molecule has 0 radical (unpaired) electrons. The van der Waals surface area contributed by atoms with Gasteiger partial charge in [0, 0.05) is 17.8 Å². The van der Waals surface area contributed by atoms with Crippen molar-refractivity contribution >= 4 is 26.4 Å². The van der Waals surface area contributed by atoms with Crippen LogP contribution < -0.4 is 5.73 Å². The lowest BCUT2D eigenvalue weighted by Crippen LogP contribution is -2.02. The topological polar surface area (TPSA) is 76.0 Å². The Morgan fingerprint density at radius 3 is 2.64 bits per heavy atom. The number of hydrogen-bond donors (Lipinski definition) is 2. The van der Waals surface area contributed by atoms with Gasteiger partial charge in [-0.25, -0.2) is 8.42 Å². The van der Waals surface area contributed by atoms with Crippen molar-refractivity contribution in [3.05, 3.63) is 24.4 Å². The van der Waals surface area contributed by atoms with E-state index in [0.717, 1.165) is 11.6 Å². The molecular formula is C9H10N2O2S. The Labute approximate surface area is 81.7 Å². The zero-order valence-corrected chi connectivity index (χ0v) is 8.43. The summed E-state index contributed by atoms with van der Waals surface area (Å²) in [5, 5.41) is 0.912. The third-order valence-electron chi connectivity index (χ3n) is 2.13. The highest BCUT2D eigenvalue weighted by molar-refractivity contribution is 7.90. The molecule has 0 unspecified atom stereocenters. The second-order valence-electron chi connectivity index (χ2n) is 3.19. The lowest BCUT2D eigenvalue weighted by atomic mass is 10.2. The molecule has 1 aromatic heterocycles. The number of aromatic nitrogens is 1. The van der Waals surface area contributed by atoms with Crippen molar-refractivity contribution in [3.63, 3.8) is 0 Å². The third kappa shape index (κ3) is 1.26. The summed E-state index contributed by atoms with van der Waals surface area (Å²) in [5.74, 6) is 0. The normalized spacial score (nSPS) is 12.1. The van der Waals surface area contributed by atoms with Crippen LogP contribution in [0.3, 0.4) is 0 Å². The van der Waals surface area contributed by atoms with E-state index in [1.165, 1.54) is 6.07 Å². The van der Waals surface area contributed by atoms with Crippen LogP contribution in [0.25, 0.3) is 10.9 Å². The number of fused-ring (bicyclic) bond motifs is 1. The second kappa shape index (κ2) is 2.75. The molecule has 1 heterocycles. The van der Waals surface area contributed by atoms with Crippen molar-refractivity contribution in [3.8, 4) is 0 Å². The number of rotatable bonds is 1. The van der Waals surface area contributed by atoms with Crippen LogP contribution in [0.1, 0.15) is 0 Å². The van der Waals surface area contributed by atoms with Gasteiger partial charge >= 0.3 is 0 Å². The number of hydrogen-bond acceptors (Lipinski definition) is 3. The highest BCUT2D eigenvalue weighted by Gasteiger charge is 2.13. The van der Waals surface area contributed by atoms with Crippen LogP contribution in [0, 0.1) is 0 Å². The molecule has 2 aromatic rings. The molecule has 0 fully saturated rings. The Kier molecular flexibility index (Phi) is 1.78. The summed E-state index contributed by atoms with van der Waals surface area (Å²) in [6.07, 6.45) is 2.88. The van der Waals surface area contributed by atoms with E-state index in [-0.39, 0.29) is 10.6 Å². The predicted octanol–water partition coefficient (Wildman–Crippen LogP) is 1.15. The fraction of sp³-hybridized carbons (Fsp3) is 0.111. The number of H-pyrrole nitrogens is 1. The number of aromatic amines is 1. The summed E-state index contributed by atoms with van der Waals surface area (Å²) >= 11 is 0. The van der Waals surface area contributed by atoms with Gasteiger partial charge in [0.1, 0.15) is 0 Å². The van der Waals surface area contributed by atoms with Crippen LogP contribution in [-0.2, 0) is 9.84 Å². The van der Waals surface area contributed by atoms with E-state index < -0.39 is 9.84 Å². The predicted molar refractivity (Wildman–Crippen MR) is 55.8 cm³/mol. The smallest absolute Gasteiger partial charge is 0.177 e. The van der Waals surface area contributed by atoms with Crippen molar-refractivity contribution < 1.29 is 8.42 Å². The molecule has 74 valence electrons. The molecule has 4 nitrogen and oxygen atoms in total. The molecule has 0 amide bonds. The first-order chi connectivity index (χ1) is 6.50. The molecule has 0 atom stereocenters. The monoisotopic (exact) mass is 210 g/mol. The van der Waals surface area contributed by atoms with E-state index in [4.69, 9.17) is 5.73 Å². The van der Waals surface area contributed by atoms with Crippen molar-refractivity contribution in [2.45, 2.75) is 4.90 Å². The van der Waals surface area contributed by atoms with Crippen molar-refractivity contribution in [2.24, 2.45) is 0 Å². The lowest BCUT2D eigenvalue weighted by Gasteiger charge is -2.03. The maximum absolute atomic E-state index is 11.3. The average molecular weight is 210 g/mol. The van der Waals surface area contributed by atoms with Crippen LogP contribution in [-0.4, -0.2) is 19.7 Å².